The van der Waals surface area contributed by atoms with Gasteiger partial charge in [0.15, 0.2) is 0 Å². The molecule has 1 amide bonds. The third-order valence-corrected chi connectivity index (χ3v) is 6.93. The predicted molar refractivity (Wildman–Crippen MR) is 123 cm³/mol. The van der Waals surface area contributed by atoms with Crippen LogP contribution in [0.2, 0.25) is 0 Å². The van der Waals surface area contributed by atoms with Crippen molar-refractivity contribution in [3.05, 3.63) is 54.1 Å². The maximum absolute atomic E-state index is 12.7. The van der Waals surface area contributed by atoms with Crippen molar-refractivity contribution in [3.63, 3.8) is 0 Å². The van der Waals surface area contributed by atoms with Gasteiger partial charge in [-0.1, -0.05) is 30.0 Å². The van der Waals surface area contributed by atoms with Crippen LogP contribution in [0.3, 0.4) is 0 Å². The van der Waals surface area contributed by atoms with Crippen molar-refractivity contribution in [3.8, 4) is 0 Å². The van der Waals surface area contributed by atoms with Crippen LogP contribution >= 0.6 is 11.8 Å². The highest BCUT2D eigenvalue weighted by atomic mass is 32.2. The largest absolute Gasteiger partial charge is 0.483 e. The third kappa shape index (κ3) is 5.65. The predicted octanol–water partition coefficient (Wildman–Crippen LogP) is 3.23. The number of nitrogen functional groups attached to an aromatic ring is 1. The second-order valence-electron chi connectivity index (χ2n) is 7.84. The van der Waals surface area contributed by atoms with Crippen molar-refractivity contribution in [2.45, 2.75) is 53.6 Å². The molecule has 2 aromatic rings. The zero-order valence-corrected chi connectivity index (χ0v) is 18.3. The van der Waals surface area contributed by atoms with Crippen LogP contribution < -0.4 is 11.1 Å². The Labute approximate surface area is 186 Å². The number of anilines is 1. The van der Waals surface area contributed by atoms with Crippen LogP contribution in [0.1, 0.15) is 31.2 Å². The normalized spacial score (nSPS) is 22.2. The summed E-state index contributed by atoms with van der Waals surface area (Å²) in [6, 6.07) is 16.8. The molecule has 2 heterocycles. The summed E-state index contributed by atoms with van der Waals surface area (Å²) in [5, 5.41) is 18.4. The van der Waals surface area contributed by atoms with Crippen LogP contribution in [-0.4, -0.2) is 53.3 Å². The van der Waals surface area contributed by atoms with Crippen molar-refractivity contribution in [2.24, 2.45) is 0 Å². The number of piperidine rings is 1. The Balaban J connectivity index is 0.000000858. The third-order valence-electron chi connectivity index (χ3n) is 5.93. The second-order valence-corrected chi connectivity index (χ2v) is 8.98. The van der Waals surface area contributed by atoms with E-state index in [-0.39, 0.29) is 24.1 Å². The molecule has 0 radical (unpaired) electrons. The first-order valence-electron chi connectivity index (χ1n) is 10.2. The molecule has 2 bridgehead atoms. The van der Waals surface area contributed by atoms with Crippen LogP contribution in [0.25, 0.3) is 0 Å². The number of nitrogens with one attached hydrogen (secondary N) is 2. The number of nitrogens with two attached hydrogens (primary N) is 1. The molecular formula is C23H28N4O3S. The topological polar surface area (TPSA) is 120 Å². The van der Waals surface area contributed by atoms with Crippen LogP contribution in [0.15, 0.2) is 58.3 Å². The molecule has 2 saturated heterocycles. The lowest BCUT2D eigenvalue weighted by atomic mass is 9.97. The van der Waals surface area contributed by atoms with Gasteiger partial charge in [-0.15, -0.1) is 0 Å². The lowest BCUT2D eigenvalue weighted by Gasteiger charge is -2.36. The molecule has 2 aromatic carbocycles. The van der Waals surface area contributed by atoms with Gasteiger partial charge in [-0.2, -0.15) is 0 Å². The Kier molecular flexibility index (Phi) is 7.70. The Morgan fingerprint density at radius 2 is 1.77 bits per heavy atom. The van der Waals surface area contributed by atoms with E-state index >= 15 is 0 Å². The van der Waals surface area contributed by atoms with Gasteiger partial charge in [-0.3, -0.25) is 15.0 Å². The van der Waals surface area contributed by atoms with Crippen molar-refractivity contribution < 1.29 is 14.7 Å². The smallest absolute Gasteiger partial charge is 0.290 e. The second kappa shape index (κ2) is 10.5. The molecule has 5 N–H and O–H groups in total. The fourth-order valence-electron chi connectivity index (χ4n) is 4.35. The molecule has 4 rings (SSSR count). The molecule has 0 spiro atoms. The van der Waals surface area contributed by atoms with E-state index in [1.54, 1.807) is 17.8 Å². The van der Waals surface area contributed by atoms with Crippen LogP contribution in [0, 0.1) is 5.41 Å². The number of amides is 1. The lowest BCUT2D eigenvalue weighted by Crippen LogP contribution is -2.50. The molecule has 2 unspecified atom stereocenters. The molecule has 2 fully saturated rings. The Morgan fingerprint density at radius 1 is 1.16 bits per heavy atom. The van der Waals surface area contributed by atoms with Gasteiger partial charge in [-0.25, -0.2) is 0 Å². The zero-order chi connectivity index (χ0) is 22.4. The Bertz CT molecular complexity index is 924. The summed E-state index contributed by atoms with van der Waals surface area (Å²) in [7, 11) is 2.18. The summed E-state index contributed by atoms with van der Waals surface area (Å²) >= 11 is 1.59. The van der Waals surface area contributed by atoms with Crippen molar-refractivity contribution >= 4 is 35.5 Å². The minimum atomic E-state index is -0.331. The minimum absolute atomic E-state index is 0.0562. The number of hydrogen-bond acceptors (Lipinski definition) is 6. The van der Waals surface area contributed by atoms with Crippen molar-refractivity contribution in [1.29, 1.82) is 5.41 Å². The van der Waals surface area contributed by atoms with E-state index in [2.05, 4.69) is 17.3 Å². The van der Waals surface area contributed by atoms with E-state index in [1.165, 1.54) is 12.8 Å². The summed E-state index contributed by atoms with van der Waals surface area (Å²) in [5.74, 6) is -0.331. The average Bonchev–Trinajstić information content (AvgIpc) is 2.96. The highest BCUT2D eigenvalue weighted by Gasteiger charge is 2.39. The number of nitrogens with zero attached hydrogens (tertiary/aromatic N) is 1. The molecular weight excluding hydrogens is 412 g/mol. The van der Waals surface area contributed by atoms with Gasteiger partial charge in [0.25, 0.3) is 12.4 Å². The molecule has 164 valence electrons. The molecule has 2 atom stereocenters. The van der Waals surface area contributed by atoms with E-state index in [0.29, 0.717) is 23.3 Å². The van der Waals surface area contributed by atoms with Gasteiger partial charge in [0, 0.05) is 39.2 Å². The van der Waals surface area contributed by atoms with E-state index in [4.69, 9.17) is 21.0 Å². The summed E-state index contributed by atoms with van der Waals surface area (Å²) < 4.78 is 0. The summed E-state index contributed by atoms with van der Waals surface area (Å²) in [4.78, 5) is 25.6. The Morgan fingerprint density at radius 3 is 2.39 bits per heavy atom. The summed E-state index contributed by atoms with van der Waals surface area (Å²) in [6.45, 7) is -0.250. The molecule has 2 aliphatic rings. The highest BCUT2D eigenvalue weighted by Crippen LogP contribution is 2.34. The monoisotopic (exact) mass is 440 g/mol. The first-order chi connectivity index (χ1) is 14.9. The maximum Gasteiger partial charge on any atom is 0.290 e. The quantitative estimate of drug-likeness (QED) is 0.322. The molecule has 7 nitrogen and oxygen atoms in total. The molecule has 2 aliphatic heterocycles. The van der Waals surface area contributed by atoms with Crippen molar-refractivity contribution in [1.82, 2.24) is 10.2 Å². The number of fused-ring (bicyclic) bond motifs is 2. The molecule has 0 saturated carbocycles. The Hall–Kier alpha value is -2.84. The standard InChI is InChI=1S/C22H26N4OS.CH2O2/c1-26-15-7-8-16(26)12-14(11-15)25-22(27)21(24)19-13-18(9-10-20(19)23)28-17-5-3-2-4-6-17;2-1-3/h2-6,9-10,13-16,24H,7-8,11-12,23H2,1H3,(H,25,27);1H,(H,2,3). The molecule has 8 heteroatoms. The van der Waals surface area contributed by atoms with Crippen LogP contribution in [0.5, 0.6) is 0 Å². The molecule has 0 aromatic heterocycles. The lowest BCUT2D eigenvalue weighted by molar-refractivity contribution is -0.123. The van der Waals surface area contributed by atoms with Crippen LogP contribution in [-0.2, 0) is 9.59 Å². The first-order valence-corrected chi connectivity index (χ1v) is 11.1. The molecule has 31 heavy (non-hydrogen) atoms. The number of rotatable bonds is 5. The maximum atomic E-state index is 12.7. The SMILES string of the molecule is CN1C2CCC1CC(NC(=O)C(=N)c1cc(Sc3ccccc3)ccc1N)C2.O=CO. The number of carboxylic acid groups (broad SMARTS) is 1. The van der Waals surface area contributed by atoms with Gasteiger partial charge < -0.3 is 21.1 Å². The fraction of sp³-hybridized carbons (Fsp3) is 0.348. The van der Waals surface area contributed by atoms with Gasteiger partial charge in [0.2, 0.25) is 0 Å². The summed E-state index contributed by atoms with van der Waals surface area (Å²) in [5.41, 5.74) is 6.99. The van der Waals surface area contributed by atoms with Crippen LogP contribution in [0.4, 0.5) is 5.69 Å². The molecule has 0 aliphatic carbocycles. The zero-order valence-electron chi connectivity index (χ0n) is 17.5. The van der Waals surface area contributed by atoms with E-state index < -0.39 is 0 Å². The van der Waals surface area contributed by atoms with Crippen molar-refractivity contribution in [2.75, 3.05) is 12.8 Å². The number of carbonyl (C=O) groups is 2. The van der Waals surface area contributed by atoms with E-state index in [0.717, 1.165) is 22.6 Å². The van der Waals surface area contributed by atoms with Gasteiger partial charge in [0.1, 0.15) is 5.71 Å². The van der Waals surface area contributed by atoms with Gasteiger partial charge >= 0.3 is 0 Å². The number of carbonyl (C=O) groups excluding carboxylic acids is 1. The summed E-state index contributed by atoms with van der Waals surface area (Å²) in [6.07, 6.45) is 4.34. The highest BCUT2D eigenvalue weighted by molar-refractivity contribution is 7.99. The van der Waals surface area contributed by atoms with E-state index in [1.807, 2.05) is 42.5 Å². The number of hydrogen-bond donors (Lipinski definition) is 4. The first kappa shape index (κ1) is 22.8. The van der Waals surface area contributed by atoms with Gasteiger partial charge in [0.05, 0.1) is 0 Å². The average molecular weight is 441 g/mol. The number of benzene rings is 2. The van der Waals surface area contributed by atoms with Gasteiger partial charge in [-0.05, 0) is 63.1 Å². The fourth-order valence-corrected chi connectivity index (χ4v) is 5.23. The minimum Gasteiger partial charge on any atom is -0.483 e. The van der Waals surface area contributed by atoms with E-state index in [9.17, 15) is 4.79 Å².